The van der Waals surface area contributed by atoms with Gasteiger partial charge in [-0.2, -0.15) is 0 Å². The van der Waals surface area contributed by atoms with Crippen molar-refractivity contribution < 1.29 is 9.84 Å². The number of fused-ring (bicyclic) bond motifs is 1. The van der Waals surface area contributed by atoms with E-state index in [1.54, 1.807) is 7.11 Å². The predicted molar refractivity (Wildman–Crippen MR) is 84.8 cm³/mol. The van der Waals surface area contributed by atoms with Gasteiger partial charge in [0.05, 0.1) is 7.11 Å². The number of hydrogen-bond acceptors (Lipinski definition) is 3. The van der Waals surface area contributed by atoms with E-state index < -0.39 is 0 Å². The molecule has 0 aliphatic heterocycles. The maximum Gasteiger partial charge on any atom is 0.119 e. The van der Waals surface area contributed by atoms with Crippen molar-refractivity contribution >= 4 is 0 Å². The number of aliphatic hydroxyl groups excluding tert-OH is 1. The SMILES string of the molecule is COc1ccc2c(c1)CC(NC1CCC(CO)CC1)CC2. The van der Waals surface area contributed by atoms with Crippen molar-refractivity contribution in [1.29, 1.82) is 0 Å². The van der Waals surface area contributed by atoms with Crippen LogP contribution in [0.4, 0.5) is 0 Å². The van der Waals surface area contributed by atoms with E-state index in [1.165, 1.54) is 49.7 Å². The molecule has 1 unspecified atom stereocenters. The van der Waals surface area contributed by atoms with Crippen LogP contribution in [0.15, 0.2) is 18.2 Å². The molecule has 0 spiro atoms. The first kappa shape index (κ1) is 14.9. The lowest BCUT2D eigenvalue weighted by Gasteiger charge is -2.33. The number of nitrogens with one attached hydrogen (secondary N) is 1. The van der Waals surface area contributed by atoms with Crippen LogP contribution in [0.25, 0.3) is 0 Å². The second-order valence-corrected chi connectivity index (χ2v) is 6.64. The summed E-state index contributed by atoms with van der Waals surface area (Å²) in [5.74, 6) is 1.51. The fraction of sp³-hybridized carbons (Fsp3) is 0.667. The maximum atomic E-state index is 9.23. The Balaban J connectivity index is 1.56. The van der Waals surface area contributed by atoms with Crippen LogP contribution in [0.3, 0.4) is 0 Å². The highest BCUT2D eigenvalue weighted by molar-refractivity contribution is 5.37. The predicted octanol–water partition coefficient (Wildman–Crippen LogP) is 2.69. The zero-order valence-electron chi connectivity index (χ0n) is 13.0. The molecule has 0 bridgehead atoms. The molecule has 2 aliphatic carbocycles. The van der Waals surface area contributed by atoms with Crippen LogP contribution in [-0.4, -0.2) is 30.9 Å². The van der Waals surface area contributed by atoms with Crippen molar-refractivity contribution in [2.75, 3.05) is 13.7 Å². The molecule has 0 amide bonds. The van der Waals surface area contributed by atoms with E-state index in [9.17, 15) is 5.11 Å². The van der Waals surface area contributed by atoms with Crippen LogP contribution < -0.4 is 10.1 Å². The van der Waals surface area contributed by atoms with E-state index in [2.05, 4.69) is 23.5 Å². The molecule has 0 radical (unpaired) electrons. The summed E-state index contributed by atoms with van der Waals surface area (Å²) in [6.07, 6.45) is 8.30. The topological polar surface area (TPSA) is 41.5 Å². The molecule has 1 atom stereocenters. The average molecular weight is 289 g/mol. The van der Waals surface area contributed by atoms with E-state index in [0.717, 1.165) is 12.2 Å². The lowest BCUT2D eigenvalue weighted by Crippen LogP contribution is -2.43. The molecule has 1 aromatic carbocycles. The Morgan fingerprint density at radius 3 is 2.62 bits per heavy atom. The summed E-state index contributed by atoms with van der Waals surface area (Å²) in [5, 5.41) is 13.1. The van der Waals surface area contributed by atoms with Crippen molar-refractivity contribution in [3.8, 4) is 5.75 Å². The molecular formula is C18H27NO2. The molecule has 3 rings (SSSR count). The summed E-state index contributed by atoms with van der Waals surface area (Å²) in [4.78, 5) is 0. The van der Waals surface area contributed by atoms with Crippen molar-refractivity contribution in [3.05, 3.63) is 29.3 Å². The molecule has 3 nitrogen and oxygen atoms in total. The highest BCUT2D eigenvalue weighted by Crippen LogP contribution is 2.28. The number of methoxy groups -OCH3 is 1. The summed E-state index contributed by atoms with van der Waals surface area (Å²) in [6, 6.07) is 7.73. The van der Waals surface area contributed by atoms with E-state index in [1.807, 2.05) is 0 Å². The fourth-order valence-corrected chi connectivity index (χ4v) is 3.85. The first-order valence-electron chi connectivity index (χ1n) is 8.31. The Hall–Kier alpha value is -1.06. The number of aliphatic hydroxyl groups is 1. The van der Waals surface area contributed by atoms with Crippen molar-refractivity contribution in [2.45, 2.75) is 57.0 Å². The van der Waals surface area contributed by atoms with Crippen LogP contribution in [0, 0.1) is 5.92 Å². The maximum absolute atomic E-state index is 9.23. The Morgan fingerprint density at radius 1 is 1.10 bits per heavy atom. The summed E-state index contributed by atoms with van der Waals surface area (Å²) in [5.41, 5.74) is 2.93. The minimum absolute atomic E-state index is 0.364. The van der Waals surface area contributed by atoms with Crippen LogP contribution in [0.2, 0.25) is 0 Å². The zero-order chi connectivity index (χ0) is 14.7. The highest BCUT2D eigenvalue weighted by Gasteiger charge is 2.25. The number of ether oxygens (including phenoxy) is 1. The molecule has 1 fully saturated rings. The summed E-state index contributed by atoms with van der Waals surface area (Å²) in [6.45, 7) is 0.364. The monoisotopic (exact) mass is 289 g/mol. The number of aryl methyl sites for hydroxylation is 1. The number of rotatable bonds is 4. The van der Waals surface area contributed by atoms with Crippen molar-refractivity contribution in [3.63, 3.8) is 0 Å². The third-order valence-corrected chi connectivity index (χ3v) is 5.22. The third kappa shape index (κ3) is 3.58. The number of hydrogen-bond donors (Lipinski definition) is 2. The Kier molecular flexibility index (Phi) is 4.81. The molecule has 2 N–H and O–H groups in total. The van der Waals surface area contributed by atoms with Gasteiger partial charge in [-0.25, -0.2) is 0 Å². The number of benzene rings is 1. The van der Waals surface area contributed by atoms with Crippen LogP contribution in [-0.2, 0) is 12.8 Å². The molecular weight excluding hydrogens is 262 g/mol. The van der Waals surface area contributed by atoms with Gasteiger partial charge in [0, 0.05) is 18.7 Å². The largest absolute Gasteiger partial charge is 0.497 e. The van der Waals surface area contributed by atoms with E-state index in [0.29, 0.717) is 24.6 Å². The van der Waals surface area contributed by atoms with Crippen LogP contribution in [0.1, 0.15) is 43.2 Å². The second kappa shape index (κ2) is 6.80. The van der Waals surface area contributed by atoms with Gasteiger partial charge in [-0.05, 0) is 74.1 Å². The lowest BCUT2D eigenvalue weighted by atomic mass is 9.84. The van der Waals surface area contributed by atoms with E-state index in [4.69, 9.17) is 4.74 Å². The first-order valence-corrected chi connectivity index (χ1v) is 8.31. The van der Waals surface area contributed by atoms with Gasteiger partial charge in [0.25, 0.3) is 0 Å². The van der Waals surface area contributed by atoms with Crippen molar-refractivity contribution in [1.82, 2.24) is 5.32 Å². The normalized spacial score (nSPS) is 29.0. The van der Waals surface area contributed by atoms with E-state index >= 15 is 0 Å². The van der Waals surface area contributed by atoms with Gasteiger partial charge >= 0.3 is 0 Å². The first-order chi connectivity index (χ1) is 10.3. The molecule has 0 heterocycles. The molecule has 0 saturated heterocycles. The molecule has 0 aromatic heterocycles. The van der Waals surface area contributed by atoms with Gasteiger partial charge in [-0.15, -0.1) is 0 Å². The second-order valence-electron chi connectivity index (χ2n) is 6.64. The van der Waals surface area contributed by atoms with Gasteiger partial charge in [0.1, 0.15) is 5.75 Å². The van der Waals surface area contributed by atoms with Crippen molar-refractivity contribution in [2.24, 2.45) is 5.92 Å². The quantitative estimate of drug-likeness (QED) is 0.895. The van der Waals surface area contributed by atoms with Gasteiger partial charge in [-0.3, -0.25) is 0 Å². The van der Waals surface area contributed by atoms with Gasteiger partial charge in [-0.1, -0.05) is 6.07 Å². The third-order valence-electron chi connectivity index (χ3n) is 5.22. The molecule has 1 saturated carbocycles. The fourth-order valence-electron chi connectivity index (χ4n) is 3.85. The highest BCUT2D eigenvalue weighted by atomic mass is 16.5. The van der Waals surface area contributed by atoms with Crippen LogP contribution >= 0.6 is 0 Å². The van der Waals surface area contributed by atoms with Gasteiger partial charge in [0.2, 0.25) is 0 Å². The summed E-state index contributed by atoms with van der Waals surface area (Å²) >= 11 is 0. The summed E-state index contributed by atoms with van der Waals surface area (Å²) < 4.78 is 5.35. The van der Waals surface area contributed by atoms with Gasteiger partial charge in [0.15, 0.2) is 0 Å². The molecule has 2 aliphatic rings. The Morgan fingerprint density at radius 2 is 1.90 bits per heavy atom. The van der Waals surface area contributed by atoms with Gasteiger partial charge < -0.3 is 15.2 Å². The minimum atomic E-state index is 0.364. The molecule has 1 aromatic rings. The van der Waals surface area contributed by atoms with E-state index in [-0.39, 0.29) is 0 Å². The van der Waals surface area contributed by atoms with Crippen LogP contribution in [0.5, 0.6) is 5.75 Å². The lowest BCUT2D eigenvalue weighted by molar-refractivity contribution is 0.170. The molecule has 3 heteroatoms. The molecule has 116 valence electrons. The Bertz CT molecular complexity index is 466. The standard InChI is InChI=1S/C18H27NO2/c1-21-18-9-5-14-4-8-17(10-15(14)11-18)19-16-6-2-13(12-20)3-7-16/h5,9,11,13,16-17,19-20H,2-4,6-8,10,12H2,1H3. The smallest absolute Gasteiger partial charge is 0.119 e. The minimum Gasteiger partial charge on any atom is -0.497 e. The summed E-state index contributed by atoms with van der Waals surface area (Å²) in [7, 11) is 1.74. The average Bonchev–Trinajstić information content (AvgIpc) is 2.55. The Labute approximate surface area is 127 Å². The molecule has 21 heavy (non-hydrogen) atoms. The zero-order valence-corrected chi connectivity index (χ0v) is 13.0.